The standard InChI is InChI=1S/C33H43N8O12P/c1-3-51-54(50,52-4-2)53-17-6-5-16-34-30(48)33(14-7-15-33)31(49)41-32-39-26-25(28(45)40-32)37-22(19-36-26)18-35-21-10-8-20(9-11-21)27(44)38-23(29(46)47)12-13-24(42)43/h8-11,19,23,35H,3-7,12-18H2,1-2H3,(H,34,48)(H,38,44)(H,42,43)(H,46,47)(H2,36,39,40,41,45,49)/t23-/m1/s1. The molecule has 0 bridgehead atoms. The van der Waals surface area contributed by atoms with Gasteiger partial charge in [-0.15, -0.1) is 0 Å². The van der Waals surface area contributed by atoms with Gasteiger partial charge >= 0.3 is 19.8 Å². The summed E-state index contributed by atoms with van der Waals surface area (Å²) in [6.45, 7) is 4.14. The Labute approximate surface area is 308 Å². The zero-order valence-electron chi connectivity index (χ0n) is 29.7. The van der Waals surface area contributed by atoms with E-state index in [1.807, 2.05) is 0 Å². The molecule has 20 nitrogen and oxygen atoms in total. The molecule has 1 atom stereocenters. The van der Waals surface area contributed by atoms with Crippen LogP contribution in [0.25, 0.3) is 11.2 Å². The van der Waals surface area contributed by atoms with Gasteiger partial charge in [0.25, 0.3) is 11.5 Å². The van der Waals surface area contributed by atoms with Crippen molar-refractivity contribution in [2.24, 2.45) is 5.41 Å². The predicted molar refractivity (Wildman–Crippen MR) is 191 cm³/mol. The fourth-order valence-corrected chi connectivity index (χ4v) is 6.52. The van der Waals surface area contributed by atoms with E-state index in [1.165, 1.54) is 18.3 Å². The second kappa shape index (κ2) is 19.2. The molecule has 292 valence electrons. The summed E-state index contributed by atoms with van der Waals surface area (Å²) in [5.41, 5.74) is -1.05. The predicted octanol–water partition coefficient (Wildman–Crippen LogP) is 2.58. The number of nitrogens with one attached hydrogen (secondary N) is 5. The van der Waals surface area contributed by atoms with Crippen molar-refractivity contribution >= 4 is 60.3 Å². The summed E-state index contributed by atoms with van der Waals surface area (Å²) in [4.78, 5) is 89.2. The highest BCUT2D eigenvalue weighted by Crippen LogP contribution is 2.49. The minimum Gasteiger partial charge on any atom is -0.481 e. The molecule has 21 heteroatoms. The van der Waals surface area contributed by atoms with Gasteiger partial charge in [0.2, 0.25) is 17.8 Å². The fourth-order valence-electron chi connectivity index (χ4n) is 5.31. The first-order valence-corrected chi connectivity index (χ1v) is 18.7. The molecule has 1 aromatic carbocycles. The molecule has 7 N–H and O–H groups in total. The summed E-state index contributed by atoms with van der Waals surface area (Å²) in [5, 5.41) is 28.8. The molecule has 0 radical (unpaired) electrons. The minimum atomic E-state index is -3.62. The van der Waals surface area contributed by atoms with Crippen molar-refractivity contribution in [1.82, 2.24) is 30.6 Å². The Balaban J connectivity index is 1.29. The van der Waals surface area contributed by atoms with E-state index in [0.29, 0.717) is 43.5 Å². The summed E-state index contributed by atoms with van der Waals surface area (Å²) < 4.78 is 27.8. The average Bonchev–Trinajstić information content (AvgIpc) is 3.10. The van der Waals surface area contributed by atoms with E-state index in [9.17, 15) is 38.4 Å². The third kappa shape index (κ3) is 11.1. The Morgan fingerprint density at radius 1 is 0.981 bits per heavy atom. The van der Waals surface area contributed by atoms with Crippen LogP contribution in [0.15, 0.2) is 35.3 Å². The molecule has 1 saturated carbocycles. The number of carbonyl (C=O) groups is 5. The van der Waals surface area contributed by atoms with E-state index in [1.54, 1.807) is 26.0 Å². The number of aliphatic carboxylic acids is 2. The van der Waals surface area contributed by atoms with Crippen molar-refractivity contribution < 1.29 is 52.3 Å². The molecular weight excluding hydrogens is 731 g/mol. The van der Waals surface area contributed by atoms with Gasteiger partial charge in [0.15, 0.2) is 11.2 Å². The van der Waals surface area contributed by atoms with Gasteiger partial charge in [0.05, 0.1) is 38.3 Å². The van der Waals surface area contributed by atoms with Crippen LogP contribution in [0.5, 0.6) is 0 Å². The van der Waals surface area contributed by atoms with Crippen molar-refractivity contribution in [2.45, 2.75) is 71.4 Å². The van der Waals surface area contributed by atoms with Crippen LogP contribution in [0, 0.1) is 5.41 Å². The summed E-state index contributed by atoms with van der Waals surface area (Å²) in [7, 11) is -3.62. The maximum absolute atomic E-state index is 13.3. The number of carboxylic acid groups (broad SMARTS) is 2. The van der Waals surface area contributed by atoms with Gasteiger partial charge in [-0.3, -0.25) is 47.8 Å². The van der Waals surface area contributed by atoms with Crippen molar-refractivity contribution in [3.8, 4) is 0 Å². The number of carbonyl (C=O) groups excluding carboxylic acids is 3. The Morgan fingerprint density at radius 2 is 1.69 bits per heavy atom. The van der Waals surface area contributed by atoms with Crippen LogP contribution in [-0.4, -0.2) is 92.2 Å². The van der Waals surface area contributed by atoms with Gasteiger partial charge in [-0.05, 0) is 70.2 Å². The number of phosphoric ester groups is 1. The fraction of sp³-hybridized carbons (Fsp3) is 0.485. The van der Waals surface area contributed by atoms with Gasteiger partial charge in [0, 0.05) is 24.2 Å². The number of hydrogen-bond acceptors (Lipinski definition) is 14. The van der Waals surface area contributed by atoms with E-state index < -0.39 is 60.9 Å². The second-order valence-corrected chi connectivity index (χ2v) is 13.8. The topological polar surface area (TPSA) is 290 Å². The first-order valence-electron chi connectivity index (χ1n) is 17.3. The molecule has 0 aliphatic heterocycles. The number of H-pyrrole nitrogens is 1. The number of anilines is 2. The van der Waals surface area contributed by atoms with Crippen molar-refractivity contribution in [3.05, 3.63) is 52.1 Å². The minimum absolute atomic E-state index is 0.0382. The van der Waals surface area contributed by atoms with E-state index in [-0.39, 0.29) is 62.0 Å². The summed E-state index contributed by atoms with van der Waals surface area (Å²) >= 11 is 0. The maximum Gasteiger partial charge on any atom is 0.474 e. The lowest BCUT2D eigenvalue weighted by molar-refractivity contribution is -0.146. The molecule has 2 aromatic heterocycles. The van der Waals surface area contributed by atoms with E-state index in [2.05, 4.69) is 41.2 Å². The summed E-state index contributed by atoms with van der Waals surface area (Å²) in [6, 6.07) is 4.68. The Bertz CT molecular complexity index is 1930. The number of carboxylic acids is 2. The van der Waals surface area contributed by atoms with Gasteiger partial charge in [-0.2, -0.15) is 4.98 Å². The molecule has 1 aliphatic carbocycles. The average molecular weight is 775 g/mol. The van der Waals surface area contributed by atoms with E-state index >= 15 is 0 Å². The molecule has 3 amide bonds. The number of fused-ring (bicyclic) bond motifs is 1. The first kappa shape index (κ1) is 41.5. The van der Waals surface area contributed by atoms with Crippen LogP contribution >= 0.6 is 7.82 Å². The normalized spacial score (nSPS) is 14.0. The molecule has 3 aromatic rings. The maximum atomic E-state index is 13.3. The molecule has 54 heavy (non-hydrogen) atoms. The van der Waals surface area contributed by atoms with Crippen LogP contribution < -0.4 is 26.8 Å². The number of amides is 3. The largest absolute Gasteiger partial charge is 0.481 e. The van der Waals surface area contributed by atoms with Crippen LogP contribution in [0.4, 0.5) is 11.6 Å². The number of aromatic nitrogens is 4. The van der Waals surface area contributed by atoms with Gasteiger partial charge in [-0.25, -0.2) is 19.3 Å². The number of rotatable bonds is 22. The summed E-state index contributed by atoms with van der Waals surface area (Å²) in [6.07, 6.45) is 2.91. The Morgan fingerprint density at radius 3 is 2.30 bits per heavy atom. The molecule has 0 unspecified atom stereocenters. The first-order chi connectivity index (χ1) is 25.8. The van der Waals surface area contributed by atoms with E-state index in [4.69, 9.17) is 18.7 Å². The number of hydrogen-bond donors (Lipinski definition) is 7. The van der Waals surface area contributed by atoms with E-state index in [0.717, 1.165) is 0 Å². The Hall–Kier alpha value is -5.30. The Kier molecular flexibility index (Phi) is 14.7. The van der Waals surface area contributed by atoms with Gasteiger partial charge in [-0.1, -0.05) is 6.42 Å². The van der Waals surface area contributed by atoms with Crippen LogP contribution in [-0.2, 0) is 43.9 Å². The number of benzene rings is 1. The highest BCUT2D eigenvalue weighted by atomic mass is 31.2. The monoisotopic (exact) mass is 774 g/mol. The van der Waals surface area contributed by atoms with Crippen LogP contribution in [0.3, 0.4) is 0 Å². The van der Waals surface area contributed by atoms with Crippen molar-refractivity contribution in [3.63, 3.8) is 0 Å². The highest BCUT2D eigenvalue weighted by molar-refractivity contribution is 7.48. The number of phosphoric acid groups is 1. The highest BCUT2D eigenvalue weighted by Gasteiger charge is 2.51. The van der Waals surface area contributed by atoms with Crippen LogP contribution in [0.1, 0.15) is 74.8 Å². The quantitative estimate of drug-likeness (QED) is 0.0438. The lowest BCUT2D eigenvalue weighted by Crippen LogP contribution is -2.53. The van der Waals surface area contributed by atoms with Crippen molar-refractivity contribution in [1.29, 1.82) is 0 Å². The lowest BCUT2D eigenvalue weighted by Gasteiger charge is -2.38. The number of unbranched alkanes of at least 4 members (excludes halogenated alkanes) is 1. The molecular formula is C33H43N8O12P. The zero-order chi connectivity index (χ0) is 39.3. The van der Waals surface area contributed by atoms with Crippen LogP contribution in [0.2, 0.25) is 0 Å². The second-order valence-electron chi connectivity index (χ2n) is 12.1. The number of nitrogens with zero attached hydrogens (tertiary/aromatic N) is 3. The molecule has 4 rings (SSSR count). The molecule has 1 aliphatic rings. The van der Waals surface area contributed by atoms with Crippen molar-refractivity contribution in [2.75, 3.05) is 37.0 Å². The zero-order valence-corrected chi connectivity index (χ0v) is 30.6. The molecule has 1 fully saturated rings. The van der Waals surface area contributed by atoms with Gasteiger partial charge < -0.3 is 26.2 Å². The smallest absolute Gasteiger partial charge is 0.474 e. The molecule has 0 spiro atoms. The summed E-state index contributed by atoms with van der Waals surface area (Å²) in [5.74, 6) is -4.48. The lowest BCUT2D eigenvalue weighted by atomic mass is 9.67. The SMILES string of the molecule is CCOP(=O)(OCC)OCCCCNC(=O)C1(C(=O)Nc2nc3ncc(CNc4ccc(C(=O)N[C@H](CCC(=O)O)C(=O)O)cc4)nc3c(=O)[nH]2)CCC1. The number of aromatic amines is 1. The third-order valence-electron chi connectivity index (χ3n) is 8.33. The third-order valence-corrected chi connectivity index (χ3v) is 9.98. The van der Waals surface area contributed by atoms with Gasteiger partial charge in [0.1, 0.15) is 11.5 Å². The molecule has 0 saturated heterocycles. The molecule has 2 heterocycles.